The van der Waals surface area contributed by atoms with E-state index >= 15 is 0 Å². The molecule has 3 rings (SSSR count). The Kier molecular flexibility index (Phi) is 5.63. The van der Waals surface area contributed by atoms with E-state index in [0.717, 1.165) is 12.8 Å². The first kappa shape index (κ1) is 18.8. The number of hydrogen-bond donors (Lipinski definition) is 1. The lowest BCUT2D eigenvalue weighted by Gasteiger charge is -2.39. The molecular weight excluding hydrogens is 346 g/mol. The van der Waals surface area contributed by atoms with Crippen molar-refractivity contribution in [2.75, 3.05) is 20.1 Å². The van der Waals surface area contributed by atoms with Gasteiger partial charge in [-0.25, -0.2) is 4.98 Å². The lowest BCUT2D eigenvalue weighted by Crippen LogP contribution is -2.58. The molecule has 2 amide bonds. The summed E-state index contributed by atoms with van der Waals surface area (Å²) in [5, 5.41) is 0. The quantitative estimate of drug-likeness (QED) is 0.856. The predicted octanol–water partition coefficient (Wildman–Crippen LogP) is 1.30. The zero-order valence-electron chi connectivity index (χ0n) is 15.5. The Morgan fingerprint density at radius 3 is 2.78 bits per heavy atom. The van der Waals surface area contributed by atoms with Crippen LogP contribution in [0.25, 0.3) is 11.4 Å². The van der Waals surface area contributed by atoms with Crippen LogP contribution in [0.5, 0.6) is 0 Å². The maximum Gasteiger partial charge on any atom is 0.264 e. The Balaban J connectivity index is 1.88. The van der Waals surface area contributed by atoms with Gasteiger partial charge in [0.25, 0.3) is 11.5 Å². The van der Waals surface area contributed by atoms with E-state index < -0.39 is 17.5 Å². The summed E-state index contributed by atoms with van der Waals surface area (Å²) in [6, 6.07) is 2.98. The van der Waals surface area contributed by atoms with Gasteiger partial charge in [0, 0.05) is 44.3 Å². The number of nitrogens with one attached hydrogen (secondary N) is 1. The highest BCUT2D eigenvalue weighted by Gasteiger charge is 2.36. The molecule has 8 heteroatoms. The van der Waals surface area contributed by atoms with E-state index in [-0.39, 0.29) is 11.5 Å². The molecule has 0 saturated carbocycles. The molecule has 142 valence electrons. The van der Waals surface area contributed by atoms with Crippen LogP contribution in [0, 0.1) is 0 Å². The first-order chi connectivity index (χ1) is 13.0. The van der Waals surface area contributed by atoms with Crippen molar-refractivity contribution in [1.29, 1.82) is 0 Å². The Hall–Kier alpha value is -3.03. The van der Waals surface area contributed by atoms with Gasteiger partial charge in [0.05, 0.1) is 0 Å². The summed E-state index contributed by atoms with van der Waals surface area (Å²) < 4.78 is 0. The third kappa shape index (κ3) is 3.89. The summed E-state index contributed by atoms with van der Waals surface area (Å²) in [5.74, 6) is -0.190. The van der Waals surface area contributed by atoms with E-state index in [0.29, 0.717) is 30.9 Å². The maximum absolute atomic E-state index is 13.0. The molecule has 2 aromatic rings. The second-order valence-electron chi connectivity index (χ2n) is 6.63. The van der Waals surface area contributed by atoms with Gasteiger partial charge in [-0.15, -0.1) is 0 Å². The van der Waals surface area contributed by atoms with E-state index in [4.69, 9.17) is 0 Å². The molecule has 0 radical (unpaired) electrons. The van der Waals surface area contributed by atoms with Crippen LogP contribution in [0.1, 0.15) is 36.5 Å². The van der Waals surface area contributed by atoms with Crippen LogP contribution >= 0.6 is 0 Å². The first-order valence-corrected chi connectivity index (χ1v) is 9.08. The molecule has 1 aliphatic heterocycles. The van der Waals surface area contributed by atoms with E-state index in [1.54, 1.807) is 36.5 Å². The number of nitrogens with zero attached hydrogens (tertiary/aromatic N) is 4. The third-order valence-electron chi connectivity index (χ3n) is 4.77. The Morgan fingerprint density at radius 1 is 1.30 bits per heavy atom. The number of carbonyl (C=O) groups is 2. The van der Waals surface area contributed by atoms with Crippen molar-refractivity contribution in [2.45, 2.75) is 32.2 Å². The molecule has 1 aliphatic rings. The minimum atomic E-state index is -0.534. The summed E-state index contributed by atoms with van der Waals surface area (Å²) in [7, 11) is 1.74. The molecule has 1 N–H and O–H groups in total. The van der Waals surface area contributed by atoms with Gasteiger partial charge in [-0.3, -0.25) is 19.4 Å². The van der Waals surface area contributed by atoms with Crippen LogP contribution in [0.2, 0.25) is 0 Å². The van der Waals surface area contributed by atoms with Gasteiger partial charge in [-0.2, -0.15) is 0 Å². The number of pyridine rings is 1. The number of rotatable bonds is 5. The molecule has 0 spiro atoms. The van der Waals surface area contributed by atoms with Crippen molar-refractivity contribution in [2.24, 2.45) is 0 Å². The molecule has 1 fully saturated rings. The van der Waals surface area contributed by atoms with Gasteiger partial charge in [-0.1, -0.05) is 19.8 Å². The van der Waals surface area contributed by atoms with Gasteiger partial charge in [-0.05, 0) is 18.6 Å². The number of aromatic amines is 1. The number of H-pyrrole nitrogens is 1. The average Bonchev–Trinajstić information content (AvgIpc) is 2.69. The molecule has 0 aliphatic carbocycles. The summed E-state index contributed by atoms with van der Waals surface area (Å²) in [6.07, 6.45) is 6.84. The van der Waals surface area contributed by atoms with Crippen LogP contribution in [0.4, 0.5) is 0 Å². The number of piperazine rings is 1. The Labute approximate surface area is 157 Å². The molecular formula is C19H23N5O3. The zero-order chi connectivity index (χ0) is 19.4. The molecule has 0 unspecified atom stereocenters. The predicted molar refractivity (Wildman–Crippen MR) is 100 cm³/mol. The van der Waals surface area contributed by atoms with E-state index in [9.17, 15) is 14.4 Å². The number of amides is 2. The van der Waals surface area contributed by atoms with Gasteiger partial charge < -0.3 is 14.8 Å². The highest BCUT2D eigenvalue weighted by atomic mass is 16.2. The molecule has 1 atom stereocenters. The molecule has 2 aromatic heterocycles. The second-order valence-corrected chi connectivity index (χ2v) is 6.63. The van der Waals surface area contributed by atoms with Gasteiger partial charge in [0.2, 0.25) is 5.91 Å². The summed E-state index contributed by atoms with van der Waals surface area (Å²) in [4.78, 5) is 52.0. The third-order valence-corrected chi connectivity index (χ3v) is 4.77. The molecule has 27 heavy (non-hydrogen) atoms. The summed E-state index contributed by atoms with van der Waals surface area (Å²) in [6.45, 7) is 2.89. The molecule has 3 heterocycles. The number of likely N-dealkylation sites (N-methyl/N-ethyl adjacent to an activating group) is 1. The molecule has 8 nitrogen and oxygen atoms in total. The van der Waals surface area contributed by atoms with Crippen LogP contribution in [0.3, 0.4) is 0 Å². The van der Waals surface area contributed by atoms with Crippen LogP contribution in [-0.4, -0.2) is 62.7 Å². The number of carbonyl (C=O) groups excluding carboxylic acids is 2. The van der Waals surface area contributed by atoms with E-state index in [1.807, 2.05) is 6.92 Å². The summed E-state index contributed by atoms with van der Waals surface area (Å²) >= 11 is 0. The average molecular weight is 369 g/mol. The van der Waals surface area contributed by atoms with Crippen molar-refractivity contribution in [1.82, 2.24) is 24.8 Å². The lowest BCUT2D eigenvalue weighted by molar-refractivity contribution is -0.138. The minimum absolute atomic E-state index is 0.0542. The van der Waals surface area contributed by atoms with Crippen molar-refractivity contribution in [3.63, 3.8) is 0 Å². The van der Waals surface area contributed by atoms with Crippen molar-refractivity contribution < 1.29 is 9.59 Å². The molecule has 0 bridgehead atoms. The Bertz CT molecular complexity index is 880. The topological polar surface area (TPSA) is 99.3 Å². The van der Waals surface area contributed by atoms with Gasteiger partial charge >= 0.3 is 0 Å². The fourth-order valence-corrected chi connectivity index (χ4v) is 3.18. The fourth-order valence-electron chi connectivity index (χ4n) is 3.18. The van der Waals surface area contributed by atoms with E-state index in [2.05, 4.69) is 15.0 Å². The zero-order valence-corrected chi connectivity index (χ0v) is 15.5. The largest absolute Gasteiger partial charge is 0.342 e. The van der Waals surface area contributed by atoms with Crippen LogP contribution < -0.4 is 5.56 Å². The second kappa shape index (κ2) is 8.11. The molecule has 0 aromatic carbocycles. The maximum atomic E-state index is 13.0. The van der Waals surface area contributed by atoms with Gasteiger partial charge in [0.15, 0.2) is 0 Å². The number of unbranched alkanes of at least 4 members (excludes halogenated alkanes) is 1. The standard InChI is InChI=1S/C19H23N5O3/c1-3-4-7-15-19(27)23(2)9-10-24(15)18(26)14-12-21-16(22-17(14)25)13-6-5-8-20-11-13/h5-6,8,11-12,15H,3-4,7,9-10H2,1-2H3,(H,21,22,25)/t15-/m0/s1. The lowest BCUT2D eigenvalue weighted by atomic mass is 10.0. The first-order valence-electron chi connectivity index (χ1n) is 9.08. The van der Waals surface area contributed by atoms with Gasteiger partial charge in [0.1, 0.15) is 17.4 Å². The minimum Gasteiger partial charge on any atom is -0.342 e. The normalized spacial score (nSPS) is 17.3. The molecule has 1 saturated heterocycles. The fraction of sp³-hybridized carbons (Fsp3) is 0.421. The van der Waals surface area contributed by atoms with Crippen molar-refractivity contribution in [3.8, 4) is 11.4 Å². The summed E-state index contributed by atoms with van der Waals surface area (Å²) in [5.41, 5.74) is 0.0835. The number of hydrogen-bond acceptors (Lipinski definition) is 5. The SMILES string of the molecule is CCCC[C@H]1C(=O)N(C)CCN1C(=O)c1cnc(-c2cccnc2)[nH]c1=O. The van der Waals surface area contributed by atoms with E-state index in [1.165, 1.54) is 11.1 Å². The van der Waals surface area contributed by atoms with Crippen molar-refractivity contribution in [3.05, 3.63) is 46.6 Å². The highest BCUT2D eigenvalue weighted by Crippen LogP contribution is 2.18. The Morgan fingerprint density at radius 2 is 2.11 bits per heavy atom. The highest BCUT2D eigenvalue weighted by molar-refractivity contribution is 5.97. The van der Waals surface area contributed by atoms with Crippen LogP contribution in [-0.2, 0) is 4.79 Å². The van der Waals surface area contributed by atoms with Crippen molar-refractivity contribution >= 4 is 11.8 Å². The number of aromatic nitrogens is 3. The smallest absolute Gasteiger partial charge is 0.264 e. The van der Waals surface area contributed by atoms with Crippen LogP contribution in [0.15, 0.2) is 35.5 Å². The monoisotopic (exact) mass is 369 g/mol.